The number of nitrogens with zero attached hydrogens (tertiary/aromatic N) is 4. The Bertz CT molecular complexity index is 1020. The summed E-state index contributed by atoms with van der Waals surface area (Å²) in [5.74, 6) is 2.59. The number of rotatable bonds is 6. The second kappa shape index (κ2) is 13.3. The van der Waals surface area contributed by atoms with Crippen molar-refractivity contribution in [2.45, 2.75) is 69.6 Å². The number of nitrogens with one attached hydrogen (secondary N) is 2. The van der Waals surface area contributed by atoms with E-state index >= 15 is 0 Å². The third-order valence-electron chi connectivity index (χ3n) is 8.26. The lowest BCUT2D eigenvalue weighted by molar-refractivity contribution is 0.0515. The van der Waals surface area contributed by atoms with Crippen molar-refractivity contribution < 1.29 is 4.74 Å². The quantitative estimate of drug-likeness (QED) is 0.425. The maximum absolute atomic E-state index is 6.36. The number of hydrogen-bond acceptors (Lipinski definition) is 6. The number of hydrogen-bond donors (Lipinski definition) is 2. The predicted octanol–water partition coefficient (Wildman–Crippen LogP) is 5.93. The molecule has 0 saturated carbocycles. The molecule has 3 saturated heterocycles. The molecule has 2 N–H and O–H groups in total. The minimum absolute atomic E-state index is 0.0825. The van der Waals surface area contributed by atoms with Crippen molar-refractivity contribution in [2.75, 3.05) is 61.1 Å². The third-order valence-corrected chi connectivity index (χ3v) is 8.74. The van der Waals surface area contributed by atoms with Crippen molar-refractivity contribution >= 4 is 46.5 Å². The number of aromatic nitrogens is 2. The van der Waals surface area contributed by atoms with E-state index in [0.717, 1.165) is 68.9 Å². The average molecular weight is 557 g/mol. The first-order valence-corrected chi connectivity index (χ1v) is 15.2. The summed E-state index contributed by atoms with van der Waals surface area (Å²) in [7, 11) is 0. The van der Waals surface area contributed by atoms with Crippen LogP contribution in [0, 0.1) is 0 Å². The molecule has 1 aromatic carbocycles. The molecule has 0 atom stereocenters. The van der Waals surface area contributed by atoms with Crippen LogP contribution in [0.4, 0.5) is 17.6 Å². The minimum atomic E-state index is -0.0825. The van der Waals surface area contributed by atoms with Crippen LogP contribution in [0.25, 0.3) is 0 Å². The van der Waals surface area contributed by atoms with Gasteiger partial charge < -0.3 is 25.2 Å². The number of halogens is 1. The van der Waals surface area contributed by atoms with E-state index in [4.69, 9.17) is 38.5 Å². The maximum atomic E-state index is 6.36. The van der Waals surface area contributed by atoms with Crippen LogP contribution in [0.2, 0.25) is 5.02 Å². The summed E-state index contributed by atoms with van der Waals surface area (Å²) in [6.07, 6.45) is 11.8. The van der Waals surface area contributed by atoms with Gasteiger partial charge in [0.1, 0.15) is 11.6 Å². The molecular weight excluding hydrogens is 516 g/mol. The zero-order valence-electron chi connectivity index (χ0n) is 22.4. The highest BCUT2D eigenvalue weighted by Gasteiger charge is 2.35. The minimum Gasteiger partial charge on any atom is -0.381 e. The summed E-state index contributed by atoms with van der Waals surface area (Å²) in [4.78, 5) is 14.8. The van der Waals surface area contributed by atoms with E-state index in [2.05, 4.69) is 38.6 Å². The van der Waals surface area contributed by atoms with Crippen molar-refractivity contribution in [1.29, 1.82) is 0 Å². The predicted molar refractivity (Wildman–Crippen MR) is 161 cm³/mol. The number of anilines is 3. The SMILES string of the molecule is S=C(NCC1(c2cccc(Cl)c2)CCOCC1)Nc1nc(N2CCCCCC2)cc(N2CCCCCC2)n1. The zero-order chi connectivity index (χ0) is 26.2. The molecule has 206 valence electrons. The first-order chi connectivity index (χ1) is 18.6. The Kier molecular flexibility index (Phi) is 9.57. The van der Waals surface area contributed by atoms with Gasteiger partial charge in [0.25, 0.3) is 0 Å². The van der Waals surface area contributed by atoms with Gasteiger partial charge in [0.2, 0.25) is 5.95 Å². The van der Waals surface area contributed by atoms with Gasteiger partial charge in [-0.05, 0) is 68.4 Å². The van der Waals surface area contributed by atoms with Gasteiger partial charge in [-0.15, -0.1) is 0 Å². The molecule has 0 spiro atoms. The number of benzene rings is 1. The number of ether oxygens (including phenoxy) is 1. The highest BCUT2D eigenvalue weighted by molar-refractivity contribution is 7.80. The van der Waals surface area contributed by atoms with Crippen molar-refractivity contribution in [3.63, 3.8) is 0 Å². The van der Waals surface area contributed by atoms with Crippen molar-refractivity contribution in [3.8, 4) is 0 Å². The van der Waals surface area contributed by atoms with Crippen LogP contribution in [0.15, 0.2) is 30.3 Å². The largest absolute Gasteiger partial charge is 0.381 e. The van der Waals surface area contributed by atoms with Gasteiger partial charge in [-0.1, -0.05) is 49.4 Å². The van der Waals surface area contributed by atoms with Crippen LogP contribution in [-0.2, 0) is 10.2 Å². The fourth-order valence-corrected chi connectivity index (χ4v) is 6.30. The summed E-state index contributed by atoms with van der Waals surface area (Å²) in [6.45, 7) is 6.34. The van der Waals surface area contributed by atoms with Crippen LogP contribution >= 0.6 is 23.8 Å². The van der Waals surface area contributed by atoms with E-state index in [1.807, 2.05) is 12.1 Å². The van der Waals surface area contributed by atoms with E-state index in [0.29, 0.717) is 17.6 Å². The Hall–Kier alpha value is -2.16. The topological polar surface area (TPSA) is 65.6 Å². The van der Waals surface area contributed by atoms with Gasteiger partial charge in [0.15, 0.2) is 5.11 Å². The van der Waals surface area contributed by atoms with Crippen LogP contribution in [0.3, 0.4) is 0 Å². The Morgan fingerprint density at radius 1 is 0.868 bits per heavy atom. The van der Waals surface area contributed by atoms with Gasteiger partial charge in [0.05, 0.1) is 0 Å². The van der Waals surface area contributed by atoms with E-state index in [1.165, 1.54) is 56.9 Å². The fraction of sp³-hybridized carbons (Fsp3) is 0.621. The molecule has 3 aliphatic rings. The maximum Gasteiger partial charge on any atom is 0.232 e. The van der Waals surface area contributed by atoms with Gasteiger partial charge in [-0.25, -0.2) is 0 Å². The summed E-state index contributed by atoms with van der Waals surface area (Å²) < 4.78 is 5.70. The Balaban J connectivity index is 1.33. The molecule has 9 heteroatoms. The molecule has 0 amide bonds. The first-order valence-electron chi connectivity index (χ1n) is 14.4. The molecule has 3 fully saturated rings. The number of thiocarbonyl (C=S) groups is 1. The van der Waals surface area contributed by atoms with Crippen molar-refractivity contribution in [1.82, 2.24) is 15.3 Å². The van der Waals surface area contributed by atoms with E-state index in [1.54, 1.807) is 0 Å². The monoisotopic (exact) mass is 556 g/mol. The van der Waals surface area contributed by atoms with Gasteiger partial charge in [0, 0.05) is 62.4 Å². The van der Waals surface area contributed by atoms with Gasteiger partial charge in [-0.2, -0.15) is 9.97 Å². The highest BCUT2D eigenvalue weighted by atomic mass is 35.5. The molecule has 1 aromatic heterocycles. The molecule has 5 rings (SSSR count). The smallest absolute Gasteiger partial charge is 0.232 e. The zero-order valence-corrected chi connectivity index (χ0v) is 24.0. The van der Waals surface area contributed by atoms with Crippen LogP contribution in [0.5, 0.6) is 0 Å². The molecule has 0 bridgehead atoms. The lowest BCUT2D eigenvalue weighted by Crippen LogP contribution is -2.45. The molecule has 0 radical (unpaired) electrons. The molecule has 38 heavy (non-hydrogen) atoms. The normalized spacial score (nSPS) is 20.3. The highest BCUT2D eigenvalue weighted by Crippen LogP contribution is 2.35. The molecule has 2 aromatic rings. The van der Waals surface area contributed by atoms with Crippen LogP contribution in [0.1, 0.15) is 69.8 Å². The standard InChI is InChI=1S/C29H41ClN6OS/c30-24-11-9-10-23(20-24)29(12-18-37-19-13-29)22-31-28(38)34-27-32-25(35-14-5-1-2-6-15-35)21-26(33-27)36-16-7-3-4-8-17-36/h9-11,20-21H,1-8,12-19,22H2,(H2,31,32,33,34,38). The van der Waals surface area contributed by atoms with E-state index < -0.39 is 0 Å². The molecule has 0 aliphatic carbocycles. The Morgan fingerprint density at radius 3 is 2.00 bits per heavy atom. The summed E-state index contributed by atoms with van der Waals surface area (Å²) in [5, 5.41) is 8.14. The third kappa shape index (κ3) is 7.07. The van der Waals surface area contributed by atoms with E-state index in [-0.39, 0.29) is 5.41 Å². The Labute approximate surface area is 237 Å². The lowest BCUT2D eigenvalue weighted by Gasteiger charge is -2.38. The summed E-state index contributed by atoms with van der Waals surface area (Å²) >= 11 is 12.1. The molecular formula is C29H41ClN6OS. The second-order valence-electron chi connectivity index (χ2n) is 10.9. The van der Waals surface area contributed by atoms with Crippen LogP contribution < -0.4 is 20.4 Å². The van der Waals surface area contributed by atoms with E-state index in [9.17, 15) is 0 Å². The van der Waals surface area contributed by atoms with Crippen molar-refractivity contribution in [3.05, 3.63) is 40.9 Å². The molecule has 7 nitrogen and oxygen atoms in total. The molecule has 0 unspecified atom stereocenters. The summed E-state index contributed by atoms with van der Waals surface area (Å²) in [6, 6.07) is 10.4. The second-order valence-corrected chi connectivity index (χ2v) is 11.8. The molecule has 4 heterocycles. The van der Waals surface area contributed by atoms with Gasteiger partial charge in [-0.3, -0.25) is 0 Å². The van der Waals surface area contributed by atoms with Crippen molar-refractivity contribution in [2.24, 2.45) is 0 Å². The molecule has 3 aliphatic heterocycles. The van der Waals surface area contributed by atoms with Gasteiger partial charge >= 0.3 is 0 Å². The van der Waals surface area contributed by atoms with Crippen LogP contribution in [-0.4, -0.2) is 61.0 Å². The average Bonchev–Trinajstić information content (AvgIpc) is 3.38. The Morgan fingerprint density at radius 2 is 1.45 bits per heavy atom. The first kappa shape index (κ1) is 27.4. The lowest BCUT2D eigenvalue weighted by atomic mass is 9.74. The summed E-state index contributed by atoms with van der Waals surface area (Å²) in [5.41, 5.74) is 1.15. The fourth-order valence-electron chi connectivity index (χ4n) is 5.94.